The zero-order valence-electron chi connectivity index (χ0n) is 14.3. The Balaban J connectivity index is 1.42. The highest BCUT2D eigenvalue weighted by atomic mass is 16.2. The molecule has 2 N–H and O–H groups in total. The van der Waals surface area contributed by atoms with Gasteiger partial charge >= 0.3 is 0 Å². The van der Waals surface area contributed by atoms with Crippen LogP contribution >= 0.6 is 0 Å². The van der Waals surface area contributed by atoms with Crippen molar-refractivity contribution in [3.8, 4) is 0 Å². The molecule has 1 saturated heterocycles. The van der Waals surface area contributed by atoms with Gasteiger partial charge in [0, 0.05) is 44.4 Å². The topological polar surface area (TPSA) is 78.8 Å². The Kier molecular flexibility index (Phi) is 4.23. The minimum atomic E-state index is 0.146. The Labute approximate surface area is 146 Å². The van der Waals surface area contributed by atoms with E-state index < -0.39 is 0 Å². The summed E-state index contributed by atoms with van der Waals surface area (Å²) in [5, 5.41) is 10.3. The molecule has 0 saturated carbocycles. The molecule has 130 valence electrons. The molecule has 1 aliphatic rings. The van der Waals surface area contributed by atoms with Gasteiger partial charge in [0.2, 0.25) is 5.91 Å². The van der Waals surface area contributed by atoms with Crippen LogP contribution in [0.3, 0.4) is 0 Å². The van der Waals surface area contributed by atoms with Crippen LogP contribution in [0.5, 0.6) is 0 Å². The van der Waals surface area contributed by atoms with Crippen molar-refractivity contribution in [1.29, 1.82) is 0 Å². The van der Waals surface area contributed by atoms with Gasteiger partial charge in [0.25, 0.3) is 0 Å². The van der Waals surface area contributed by atoms with Gasteiger partial charge in [-0.2, -0.15) is 5.10 Å². The molecule has 0 radical (unpaired) electrons. The first-order chi connectivity index (χ1) is 12.2. The lowest BCUT2D eigenvalue weighted by Gasteiger charge is -2.33. The maximum atomic E-state index is 12.7. The van der Waals surface area contributed by atoms with Crippen molar-refractivity contribution in [1.82, 2.24) is 30.0 Å². The molecule has 7 nitrogen and oxygen atoms in total. The number of aromatic amines is 1. The average Bonchev–Trinajstić information content (AvgIpc) is 3.27. The van der Waals surface area contributed by atoms with E-state index in [4.69, 9.17) is 0 Å². The average molecular weight is 338 g/mol. The molecule has 1 atom stereocenters. The second-order valence-electron chi connectivity index (χ2n) is 6.43. The molecule has 7 heteroatoms. The summed E-state index contributed by atoms with van der Waals surface area (Å²) in [5.41, 5.74) is 3.16. The normalized spacial score (nSPS) is 18.0. The summed E-state index contributed by atoms with van der Waals surface area (Å²) in [4.78, 5) is 19.2. The molecule has 25 heavy (non-hydrogen) atoms. The number of piperazine rings is 1. The van der Waals surface area contributed by atoms with Crippen LogP contribution in [-0.4, -0.2) is 50.2 Å². The summed E-state index contributed by atoms with van der Waals surface area (Å²) >= 11 is 0. The lowest BCUT2D eigenvalue weighted by molar-refractivity contribution is -0.132. The number of benzene rings is 1. The lowest BCUT2D eigenvalue weighted by atomic mass is 10.1. The molecule has 4 rings (SSSR count). The van der Waals surface area contributed by atoms with Gasteiger partial charge in [-0.1, -0.05) is 12.1 Å². The fourth-order valence-electron chi connectivity index (χ4n) is 3.49. The second kappa shape index (κ2) is 6.68. The zero-order chi connectivity index (χ0) is 17.2. The van der Waals surface area contributed by atoms with Gasteiger partial charge < -0.3 is 14.8 Å². The van der Waals surface area contributed by atoms with E-state index in [1.807, 2.05) is 42.4 Å². The zero-order valence-corrected chi connectivity index (χ0v) is 14.3. The number of fused-ring (bicyclic) bond motifs is 1. The fourth-order valence-corrected chi connectivity index (χ4v) is 3.49. The quantitative estimate of drug-likeness (QED) is 0.758. The van der Waals surface area contributed by atoms with Crippen LogP contribution in [0.15, 0.2) is 36.7 Å². The summed E-state index contributed by atoms with van der Waals surface area (Å²) in [6.45, 7) is 4.88. The van der Waals surface area contributed by atoms with Crippen LogP contribution < -0.4 is 5.32 Å². The number of hydrogen-bond donors (Lipinski definition) is 2. The third kappa shape index (κ3) is 3.15. The highest BCUT2D eigenvalue weighted by Gasteiger charge is 2.24. The highest BCUT2D eigenvalue weighted by Crippen LogP contribution is 2.18. The number of rotatable bonds is 4. The molecule has 1 amide bonds. The van der Waals surface area contributed by atoms with Crippen LogP contribution in [0, 0.1) is 6.92 Å². The lowest BCUT2D eigenvalue weighted by Crippen LogP contribution is -2.48. The molecule has 3 aromatic rings. The molecule has 1 unspecified atom stereocenters. The summed E-state index contributed by atoms with van der Waals surface area (Å²) in [5.74, 6) is 1.14. The van der Waals surface area contributed by atoms with Crippen molar-refractivity contribution in [2.45, 2.75) is 25.9 Å². The number of carbonyl (C=O) groups excluding carboxylic acids is 1. The van der Waals surface area contributed by atoms with Crippen molar-refractivity contribution in [3.05, 3.63) is 48.0 Å². The third-order valence-corrected chi connectivity index (χ3v) is 4.84. The van der Waals surface area contributed by atoms with Gasteiger partial charge in [-0.15, -0.1) is 0 Å². The molecule has 0 bridgehead atoms. The van der Waals surface area contributed by atoms with Crippen LogP contribution in [-0.2, 0) is 11.3 Å². The molecule has 2 aromatic heterocycles. The smallest absolute Gasteiger partial charge is 0.224 e. The number of H-pyrrole nitrogens is 1. The Morgan fingerprint density at radius 2 is 2.24 bits per heavy atom. The third-order valence-electron chi connectivity index (χ3n) is 4.84. The van der Waals surface area contributed by atoms with Gasteiger partial charge in [-0.3, -0.25) is 9.89 Å². The summed E-state index contributed by atoms with van der Waals surface area (Å²) in [6, 6.07) is 8.20. The van der Waals surface area contributed by atoms with Gasteiger partial charge in [0.15, 0.2) is 0 Å². The predicted molar refractivity (Wildman–Crippen MR) is 95.0 cm³/mol. The molecule has 1 fully saturated rings. The molecule has 0 aliphatic carbocycles. The van der Waals surface area contributed by atoms with E-state index in [1.165, 1.54) is 0 Å². The maximum absolute atomic E-state index is 12.7. The van der Waals surface area contributed by atoms with Gasteiger partial charge in [-0.05, 0) is 19.1 Å². The monoisotopic (exact) mass is 338 g/mol. The molecule has 1 aliphatic heterocycles. The van der Waals surface area contributed by atoms with Crippen molar-refractivity contribution in [3.63, 3.8) is 0 Å². The van der Waals surface area contributed by atoms with Crippen LogP contribution in [0.2, 0.25) is 0 Å². The Morgan fingerprint density at radius 1 is 1.36 bits per heavy atom. The number of aryl methyl sites for hydroxylation is 2. The fraction of sp³-hybridized carbons (Fsp3) is 0.389. The number of amides is 1. The standard InChI is InChI=1S/C18H22N6O/c1-13-22-15-4-2-3-5-17(15)24(13)8-6-18(25)23-9-7-19-16(12-23)14-10-20-21-11-14/h2-5,10-11,16,19H,6-9,12H2,1H3,(H,20,21). The molecule has 0 spiro atoms. The van der Waals surface area contributed by atoms with E-state index >= 15 is 0 Å². The van der Waals surface area contributed by atoms with Crippen molar-refractivity contribution in [2.75, 3.05) is 19.6 Å². The number of aromatic nitrogens is 4. The van der Waals surface area contributed by atoms with E-state index in [2.05, 4.69) is 31.1 Å². The minimum absolute atomic E-state index is 0.146. The first-order valence-electron chi connectivity index (χ1n) is 8.64. The van der Waals surface area contributed by atoms with Gasteiger partial charge in [0.05, 0.1) is 23.3 Å². The number of para-hydroxylation sites is 2. The van der Waals surface area contributed by atoms with E-state index in [0.717, 1.165) is 35.5 Å². The van der Waals surface area contributed by atoms with Crippen molar-refractivity contribution in [2.24, 2.45) is 0 Å². The minimum Gasteiger partial charge on any atom is -0.339 e. The Bertz CT molecular complexity index is 869. The first kappa shape index (κ1) is 15.8. The number of imidazole rings is 1. The summed E-state index contributed by atoms with van der Waals surface area (Å²) in [6.07, 6.45) is 4.18. The second-order valence-corrected chi connectivity index (χ2v) is 6.43. The van der Waals surface area contributed by atoms with Crippen LogP contribution in [0.1, 0.15) is 23.9 Å². The van der Waals surface area contributed by atoms with Crippen LogP contribution in [0.4, 0.5) is 0 Å². The van der Waals surface area contributed by atoms with E-state index in [1.54, 1.807) is 0 Å². The molecular weight excluding hydrogens is 316 g/mol. The van der Waals surface area contributed by atoms with E-state index in [-0.39, 0.29) is 11.9 Å². The number of nitrogens with zero attached hydrogens (tertiary/aromatic N) is 4. The Morgan fingerprint density at radius 3 is 3.08 bits per heavy atom. The summed E-state index contributed by atoms with van der Waals surface area (Å²) < 4.78 is 2.13. The van der Waals surface area contributed by atoms with Gasteiger partial charge in [0.1, 0.15) is 5.82 Å². The van der Waals surface area contributed by atoms with E-state index in [0.29, 0.717) is 19.5 Å². The maximum Gasteiger partial charge on any atom is 0.224 e. The van der Waals surface area contributed by atoms with E-state index in [9.17, 15) is 4.79 Å². The largest absolute Gasteiger partial charge is 0.339 e. The number of nitrogens with one attached hydrogen (secondary N) is 2. The summed E-state index contributed by atoms with van der Waals surface area (Å²) in [7, 11) is 0. The predicted octanol–water partition coefficient (Wildman–Crippen LogP) is 1.63. The van der Waals surface area contributed by atoms with Crippen molar-refractivity contribution < 1.29 is 4.79 Å². The first-order valence-corrected chi connectivity index (χ1v) is 8.64. The number of carbonyl (C=O) groups is 1. The Hall–Kier alpha value is -2.67. The molecular formula is C18H22N6O. The SMILES string of the molecule is Cc1nc2ccccc2n1CCC(=O)N1CCNC(c2cn[nH]c2)C1. The van der Waals surface area contributed by atoms with Crippen LogP contribution in [0.25, 0.3) is 11.0 Å². The van der Waals surface area contributed by atoms with Gasteiger partial charge in [-0.25, -0.2) is 4.98 Å². The molecule has 3 heterocycles. The number of hydrogen-bond acceptors (Lipinski definition) is 4. The van der Waals surface area contributed by atoms with Crippen molar-refractivity contribution >= 4 is 16.9 Å². The highest BCUT2D eigenvalue weighted by molar-refractivity contribution is 5.78. The molecule has 1 aromatic carbocycles.